The number of ether oxygens (including phenoxy) is 1. The first kappa shape index (κ1) is 14.3. The molecule has 1 saturated heterocycles. The SMILES string of the molecule is COCCC(C)(C)CN1CCCC(NC2CC2)C1. The molecule has 18 heavy (non-hydrogen) atoms. The van der Waals surface area contributed by atoms with Crippen LogP contribution in [0.2, 0.25) is 0 Å². The van der Waals surface area contributed by atoms with E-state index in [-0.39, 0.29) is 0 Å². The minimum absolute atomic E-state index is 0.373. The number of likely N-dealkylation sites (tertiary alicyclic amines) is 1. The van der Waals surface area contributed by atoms with Crippen LogP contribution in [0.15, 0.2) is 0 Å². The van der Waals surface area contributed by atoms with Gasteiger partial charge in [0.15, 0.2) is 0 Å². The molecule has 3 heteroatoms. The summed E-state index contributed by atoms with van der Waals surface area (Å²) in [5.74, 6) is 0. The molecule has 2 rings (SSSR count). The maximum Gasteiger partial charge on any atom is 0.0467 e. The fourth-order valence-electron chi connectivity index (χ4n) is 2.98. The molecule has 0 bridgehead atoms. The summed E-state index contributed by atoms with van der Waals surface area (Å²) in [4.78, 5) is 2.65. The van der Waals surface area contributed by atoms with E-state index in [0.717, 1.165) is 25.1 Å². The molecule has 0 amide bonds. The van der Waals surface area contributed by atoms with Crippen LogP contribution >= 0.6 is 0 Å². The van der Waals surface area contributed by atoms with Crippen LogP contribution in [0.5, 0.6) is 0 Å². The Morgan fingerprint density at radius 1 is 1.22 bits per heavy atom. The number of nitrogens with one attached hydrogen (secondary N) is 1. The van der Waals surface area contributed by atoms with Crippen molar-refractivity contribution in [2.45, 2.75) is 58.0 Å². The molecule has 0 aromatic carbocycles. The Labute approximate surface area is 112 Å². The van der Waals surface area contributed by atoms with Crippen LogP contribution < -0.4 is 5.32 Å². The van der Waals surface area contributed by atoms with Crippen LogP contribution in [0.4, 0.5) is 0 Å². The lowest BCUT2D eigenvalue weighted by Gasteiger charge is -2.38. The number of methoxy groups -OCH3 is 1. The first-order valence-electron chi connectivity index (χ1n) is 7.56. The number of piperidine rings is 1. The van der Waals surface area contributed by atoms with E-state index in [1.807, 2.05) is 0 Å². The summed E-state index contributed by atoms with van der Waals surface area (Å²) >= 11 is 0. The molecule has 1 N–H and O–H groups in total. The number of rotatable bonds is 7. The molecular weight excluding hydrogens is 224 g/mol. The lowest BCUT2D eigenvalue weighted by Crippen LogP contribution is -2.49. The average molecular weight is 254 g/mol. The monoisotopic (exact) mass is 254 g/mol. The minimum Gasteiger partial charge on any atom is -0.385 e. The standard InChI is InChI=1S/C15H30N2O/c1-15(2,8-10-18-3)12-17-9-4-5-14(11-17)16-13-6-7-13/h13-14,16H,4-12H2,1-3H3. The summed E-state index contributed by atoms with van der Waals surface area (Å²) in [6.07, 6.45) is 6.67. The van der Waals surface area contributed by atoms with Gasteiger partial charge in [0, 0.05) is 38.9 Å². The van der Waals surface area contributed by atoms with Crippen molar-refractivity contribution in [1.29, 1.82) is 0 Å². The second-order valence-corrected chi connectivity index (χ2v) is 6.92. The Bertz CT molecular complexity index is 251. The van der Waals surface area contributed by atoms with Gasteiger partial charge in [0.2, 0.25) is 0 Å². The predicted octanol–water partition coefficient (Wildman–Crippen LogP) is 2.27. The lowest BCUT2D eigenvalue weighted by atomic mass is 9.88. The minimum atomic E-state index is 0.373. The van der Waals surface area contributed by atoms with Crippen LogP contribution in [-0.2, 0) is 4.74 Å². The largest absolute Gasteiger partial charge is 0.385 e. The molecule has 1 aliphatic heterocycles. The van der Waals surface area contributed by atoms with Gasteiger partial charge in [-0.05, 0) is 44.1 Å². The summed E-state index contributed by atoms with van der Waals surface area (Å²) in [5, 5.41) is 3.79. The molecule has 2 fully saturated rings. The van der Waals surface area contributed by atoms with E-state index in [1.54, 1.807) is 7.11 Å². The number of nitrogens with zero attached hydrogens (tertiary/aromatic N) is 1. The van der Waals surface area contributed by atoms with Gasteiger partial charge >= 0.3 is 0 Å². The summed E-state index contributed by atoms with van der Waals surface area (Å²) < 4.78 is 5.22. The molecule has 1 saturated carbocycles. The average Bonchev–Trinajstić information content (AvgIpc) is 3.10. The topological polar surface area (TPSA) is 24.5 Å². The van der Waals surface area contributed by atoms with Crippen molar-refractivity contribution in [1.82, 2.24) is 10.2 Å². The second-order valence-electron chi connectivity index (χ2n) is 6.92. The van der Waals surface area contributed by atoms with E-state index >= 15 is 0 Å². The Balaban J connectivity index is 1.73. The molecule has 0 aromatic rings. The van der Waals surface area contributed by atoms with Crippen LogP contribution in [0.25, 0.3) is 0 Å². The Morgan fingerprint density at radius 3 is 2.67 bits per heavy atom. The zero-order valence-corrected chi connectivity index (χ0v) is 12.4. The van der Waals surface area contributed by atoms with Gasteiger partial charge in [-0.2, -0.15) is 0 Å². The highest BCUT2D eigenvalue weighted by Gasteiger charge is 2.29. The van der Waals surface area contributed by atoms with Crippen molar-refractivity contribution >= 4 is 0 Å². The van der Waals surface area contributed by atoms with Crippen molar-refractivity contribution < 1.29 is 4.74 Å². The van der Waals surface area contributed by atoms with Crippen molar-refractivity contribution in [3.63, 3.8) is 0 Å². The first-order chi connectivity index (χ1) is 8.59. The zero-order chi connectivity index (χ0) is 13.0. The third kappa shape index (κ3) is 4.87. The molecule has 1 heterocycles. The van der Waals surface area contributed by atoms with E-state index in [1.165, 1.54) is 45.3 Å². The van der Waals surface area contributed by atoms with Gasteiger partial charge in [-0.25, -0.2) is 0 Å². The van der Waals surface area contributed by atoms with Crippen molar-refractivity contribution in [3.8, 4) is 0 Å². The summed E-state index contributed by atoms with van der Waals surface area (Å²) in [7, 11) is 1.80. The van der Waals surface area contributed by atoms with Gasteiger partial charge in [0.05, 0.1) is 0 Å². The normalized spacial score (nSPS) is 26.5. The molecule has 2 aliphatic rings. The van der Waals surface area contributed by atoms with E-state index < -0.39 is 0 Å². The number of hydrogen-bond donors (Lipinski definition) is 1. The Morgan fingerprint density at radius 2 is 2.00 bits per heavy atom. The third-order valence-electron chi connectivity index (χ3n) is 4.19. The maximum absolute atomic E-state index is 5.22. The van der Waals surface area contributed by atoms with Crippen molar-refractivity contribution in [3.05, 3.63) is 0 Å². The summed E-state index contributed by atoms with van der Waals surface area (Å²) in [6.45, 7) is 9.34. The van der Waals surface area contributed by atoms with E-state index in [9.17, 15) is 0 Å². The van der Waals surface area contributed by atoms with Gasteiger partial charge in [-0.3, -0.25) is 0 Å². The van der Waals surface area contributed by atoms with E-state index in [4.69, 9.17) is 4.74 Å². The molecule has 0 aromatic heterocycles. The molecule has 1 atom stereocenters. The van der Waals surface area contributed by atoms with Crippen LogP contribution in [-0.4, -0.2) is 50.3 Å². The van der Waals surface area contributed by atoms with E-state index in [2.05, 4.69) is 24.1 Å². The molecule has 0 radical (unpaired) electrons. The van der Waals surface area contributed by atoms with Crippen LogP contribution in [0.1, 0.15) is 46.0 Å². The molecule has 1 unspecified atom stereocenters. The highest BCUT2D eigenvalue weighted by Crippen LogP contribution is 2.25. The molecular formula is C15H30N2O. The fraction of sp³-hybridized carbons (Fsp3) is 1.00. The number of hydrogen-bond acceptors (Lipinski definition) is 3. The zero-order valence-electron chi connectivity index (χ0n) is 12.4. The molecule has 0 spiro atoms. The van der Waals surface area contributed by atoms with Crippen LogP contribution in [0, 0.1) is 5.41 Å². The van der Waals surface area contributed by atoms with Gasteiger partial charge < -0.3 is 15.0 Å². The van der Waals surface area contributed by atoms with Gasteiger partial charge in [-0.1, -0.05) is 13.8 Å². The van der Waals surface area contributed by atoms with Crippen LogP contribution in [0.3, 0.4) is 0 Å². The van der Waals surface area contributed by atoms with Crippen molar-refractivity contribution in [2.24, 2.45) is 5.41 Å². The molecule has 3 nitrogen and oxygen atoms in total. The Hall–Kier alpha value is -0.120. The second kappa shape index (κ2) is 6.36. The fourth-order valence-corrected chi connectivity index (χ4v) is 2.98. The first-order valence-corrected chi connectivity index (χ1v) is 7.56. The summed E-state index contributed by atoms with van der Waals surface area (Å²) in [5.41, 5.74) is 0.373. The lowest BCUT2D eigenvalue weighted by molar-refractivity contribution is 0.0964. The van der Waals surface area contributed by atoms with Gasteiger partial charge in [0.25, 0.3) is 0 Å². The smallest absolute Gasteiger partial charge is 0.0467 e. The highest BCUT2D eigenvalue weighted by atomic mass is 16.5. The predicted molar refractivity (Wildman–Crippen MR) is 75.9 cm³/mol. The summed E-state index contributed by atoms with van der Waals surface area (Å²) in [6, 6.07) is 1.58. The molecule has 1 aliphatic carbocycles. The third-order valence-corrected chi connectivity index (χ3v) is 4.19. The quantitative estimate of drug-likeness (QED) is 0.754. The maximum atomic E-state index is 5.22. The van der Waals surface area contributed by atoms with Gasteiger partial charge in [-0.15, -0.1) is 0 Å². The van der Waals surface area contributed by atoms with Crippen molar-refractivity contribution in [2.75, 3.05) is 33.4 Å². The Kier molecular flexibility index (Phi) is 5.05. The molecule has 106 valence electrons. The van der Waals surface area contributed by atoms with E-state index in [0.29, 0.717) is 5.41 Å². The highest BCUT2D eigenvalue weighted by molar-refractivity contribution is 4.89. The van der Waals surface area contributed by atoms with Gasteiger partial charge in [0.1, 0.15) is 0 Å².